The van der Waals surface area contributed by atoms with Crippen LogP contribution in [0, 0.1) is 11.3 Å². The third kappa shape index (κ3) is 3.73. The van der Waals surface area contributed by atoms with Gasteiger partial charge in [-0.15, -0.1) is 0 Å². The van der Waals surface area contributed by atoms with Crippen molar-refractivity contribution in [2.24, 2.45) is 0 Å². The van der Waals surface area contributed by atoms with Gasteiger partial charge in [-0.25, -0.2) is 4.98 Å². The van der Waals surface area contributed by atoms with Crippen LogP contribution in [0.4, 0.5) is 5.69 Å². The first-order chi connectivity index (χ1) is 10.0. The Balaban J connectivity index is 2.02. The van der Waals surface area contributed by atoms with Crippen LogP contribution < -0.4 is 10.1 Å². The zero-order chi connectivity index (χ0) is 15.3. The fourth-order valence-corrected chi connectivity index (χ4v) is 1.93. The van der Waals surface area contributed by atoms with Gasteiger partial charge in [-0.05, 0) is 37.6 Å². The van der Waals surface area contributed by atoms with Gasteiger partial charge < -0.3 is 10.1 Å². The van der Waals surface area contributed by atoms with Crippen LogP contribution >= 0.6 is 0 Å². The summed E-state index contributed by atoms with van der Waals surface area (Å²) in [5.41, 5.74) is 2.45. The van der Waals surface area contributed by atoms with Crippen molar-refractivity contribution in [3.63, 3.8) is 0 Å². The van der Waals surface area contributed by atoms with Crippen molar-refractivity contribution >= 4 is 5.69 Å². The van der Waals surface area contributed by atoms with Crippen molar-refractivity contribution in [2.75, 3.05) is 12.4 Å². The third-order valence-electron chi connectivity index (χ3n) is 3.35. The molecule has 0 saturated carbocycles. The predicted molar refractivity (Wildman–Crippen MR) is 83.2 cm³/mol. The second-order valence-electron chi connectivity index (χ2n) is 5.34. The van der Waals surface area contributed by atoms with Crippen LogP contribution in [0.3, 0.4) is 0 Å². The highest BCUT2D eigenvalue weighted by Crippen LogP contribution is 2.23. The first-order valence-electron chi connectivity index (χ1n) is 6.81. The smallest absolute Gasteiger partial charge is 0.213 e. The summed E-state index contributed by atoms with van der Waals surface area (Å²) in [5.74, 6) is 0.611. The van der Waals surface area contributed by atoms with E-state index in [0.717, 1.165) is 16.9 Å². The summed E-state index contributed by atoms with van der Waals surface area (Å²) in [6, 6.07) is 15.9. The zero-order valence-electron chi connectivity index (χ0n) is 12.6. The first kappa shape index (κ1) is 14.9. The number of nitrogens with one attached hydrogen (secondary N) is 1. The Morgan fingerprint density at radius 1 is 1.19 bits per heavy atom. The molecule has 0 fully saturated rings. The van der Waals surface area contributed by atoms with Crippen molar-refractivity contribution in [2.45, 2.75) is 25.8 Å². The second-order valence-corrected chi connectivity index (χ2v) is 5.34. The molecule has 0 aliphatic rings. The standard InChI is InChI=1S/C17H19N3O/c1-17(2,12-18)13-7-9-14(10-8-13)19-11-15-5-4-6-16(20-15)21-3/h4-10,19H,11H2,1-3H3. The number of methoxy groups -OCH3 is 1. The van der Waals surface area contributed by atoms with E-state index in [9.17, 15) is 0 Å². The lowest BCUT2D eigenvalue weighted by atomic mass is 9.86. The van der Waals surface area contributed by atoms with E-state index in [1.807, 2.05) is 56.3 Å². The SMILES string of the molecule is COc1cccc(CNc2ccc(C(C)(C)C#N)cc2)n1. The normalized spacial score (nSPS) is 10.8. The van der Waals surface area contributed by atoms with Crippen LogP contribution in [-0.2, 0) is 12.0 Å². The summed E-state index contributed by atoms with van der Waals surface area (Å²) in [4.78, 5) is 4.35. The number of benzene rings is 1. The number of anilines is 1. The van der Waals surface area contributed by atoms with E-state index in [1.54, 1.807) is 7.11 Å². The fraction of sp³-hybridized carbons (Fsp3) is 0.294. The number of hydrogen-bond acceptors (Lipinski definition) is 4. The molecule has 1 N–H and O–H groups in total. The number of rotatable bonds is 5. The highest BCUT2D eigenvalue weighted by atomic mass is 16.5. The van der Waals surface area contributed by atoms with E-state index in [-0.39, 0.29) is 0 Å². The van der Waals surface area contributed by atoms with Crippen molar-refractivity contribution < 1.29 is 4.74 Å². The summed E-state index contributed by atoms with van der Waals surface area (Å²) >= 11 is 0. The zero-order valence-corrected chi connectivity index (χ0v) is 12.6. The average molecular weight is 281 g/mol. The molecule has 0 aliphatic heterocycles. The number of nitrogens with zero attached hydrogens (tertiary/aromatic N) is 2. The lowest BCUT2D eigenvalue weighted by Crippen LogP contribution is -2.13. The van der Waals surface area contributed by atoms with Crippen LogP contribution in [0.1, 0.15) is 25.1 Å². The molecule has 1 aromatic heterocycles. The third-order valence-corrected chi connectivity index (χ3v) is 3.35. The van der Waals surface area contributed by atoms with Gasteiger partial charge in [-0.1, -0.05) is 18.2 Å². The van der Waals surface area contributed by atoms with Gasteiger partial charge in [0, 0.05) is 11.8 Å². The molecule has 4 heteroatoms. The van der Waals surface area contributed by atoms with E-state index in [4.69, 9.17) is 10.00 Å². The highest BCUT2D eigenvalue weighted by molar-refractivity contribution is 5.47. The van der Waals surface area contributed by atoms with E-state index < -0.39 is 5.41 Å². The maximum absolute atomic E-state index is 9.13. The minimum atomic E-state index is -0.465. The largest absolute Gasteiger partial charge is 0.481 e. The lowest BCUT2D eigenvalue weighted by Gasteiger charge is -2.16. The molecular formula is C17H19N3O. The summed E-state index contributed by atoms with van der Waals surface area (Å²) in [7, 11) is 1.61. The van der Waals surface area contributed by atoms with Crippen molar-refractivity contribution in [3.8, 4) is 11.9 Å². The maximum Gasteiger partial charge on any atom is 0.213 e. The first-order valence-corrected chi connectivity index (χ1v) is 6.81. The van der Waals surface area contributed by atoms with Crippen LogP contribution in [0.25, 0.3) is 0 Å². The van der Waals surface area contributed by atoms with Crippen LogP contribution in [-0.4, -0.2) is 12.1 Å². The Hall–Kier alpha value is -2.54. The summed E-state index contributed by atoms with van der Waals surface area (Å²) in [6.07, 6.45) is 0. The number of aromatic nitrogens is 1. The van der Waals surface area contributed by atoms with Crippen molar-refractivity contribution in [1.29, 1.82) is 5.26 Å². The molecule has 0 unspecified atom stereocenters. The molecule has 108 valence electrons. The van der Waals surface area contributed by atoms with Gasteiger partial charge in [0.1, 0.15) is 0 Å². The molecule has 1 aromatic carbocycles. The molecule has 0 aliphatic carbocycles. The summed E-state index contributed by atoms with van der Waals surface area (Å²) in [6.45, 7) is 4.45. The second kappa shape index (κ2) is 6.27. The monoisotopic (exact) mass is 281 g/mol. The quantitative estimate of drug-likeness (QED) is 0.911. The molecule has 0 spiro atoms. The number of pyridine rings is 1. The van der Waals surface area contributed by atoms with E-state index in [2.05, 4.69) is 16.4 Å². The van der Waals surface area contributed by atoms with Gasteiger partial charge in [0.25, 0.3) is 0 Å². The molecule has 21 heavy (non-hydrogen) atoms. The highest BCUT2D eigenvalue weighted by Gasteiger charge is 2.18. The summed E-state index contributed by atoms with van der Waals surface area (Å²) in [5, 5.41) is 12.4. The molecule has 0 atom stereocenters. The van der Waals surface area contributed by atoms with Crippen LogP contribution in [0.5, 0.6) is 5.88 Å². The van der Waals surface area contributed by atoms with Crippen molar-refractivity contribution in [1.82, 2.24) is 4.98 Å². The molecular weight excluding hydrogens is 262 g/mol. The molecule has 0 bridgehead atoms. The van der Waals surface area contributed by atoms with Gasteiger partial charge in [0.2, 0.25) is 5.88 Å². The molecule has 1 heterocycles. The van der Waals surface area contributed by atoms with E-state index in [0.29, 0.717) is 12.4 Å². The number of nitriles is 1. The molecule has 0 amide bonds. The number of ether oxygens (including phenoxy) is 1. The van der Waals surface area contributed by atoms with Gasteiger partial charge >= 0.3 is 0 Å². The average Bonchev–Trinajstić information content (AvgIpc) is 2.53. The fourth-order valence-electron chi connectivity index (χ4n) is 1.93. The van der Waals surface area contributed by atoms with E-state index in [1.165, 1.54) is 0 Å². The lowest BCUT2D eigenvalue weighted by molar-refractivity contribution is 0.396. The minimum Gasteiger partial charge on any atom is -0.481 e. The molecule has 2 rings (SSSR count). The molecule has 2 aromatic rings. The molecule has 4 nitrogen and oxygen atoms in total. The van der Waals surface area contributed by atoms with Gasteiger partial charge in [0.15, 0.2) is 0 Å². The Morgan fingerprint density at radius 2 is 1.90 bits per heavy atom. The molecule has 0 saturated heterocycles. The van der Waals surface area contributed by atoms with E-state index >= 15 is 0 Å². The van der Waals surface area contributed by atoms with Crippen LogP contribution in [0.2, 0.25) is 0 Å². The Kier molecular flexibility index (Phi) is 4.44. The Labute approximate surface area is 125 Å². The Bertz CT molecular complexity index is 642. The number of hydrogen-bond donors (Lipinski definition) is 1. The van der Waals surface area contributed by atoms with Crippen molar-refractivity contribution in [3.05, 3.63) is 53.7 Å². The maximum atomic E-state index is 9.13. The molecule has 0 radical (unpaired) electrons. The van der Waals surface area contributed by atoms with Gasteiger partial charge in [0.05, 0.1) is 30.8 Å². The predicted octanol–water partition coefficient (Wildman–Crippen LogP) is 3.50. The topological polar surface area (TPSA) is 57.9 Å². The van der Waals surface area contributed by atoms with Gasteiger partial charge in [-0.2, -0.15) is 5.26 Å². The summed E-state index contributed by atoms with van der Waals surface area (Å²) < 4.78 is 5.10. The Morgan fingerprint density at radius 3 is 2.52 bits per heavy atom. The minimum absolute atomic E-state index is 0.465. The van der Waals surface area contributed by atoms with Gasteiger partial charge in [-0.3, -0.25) is 0 Å². The van der Waals surface area contributed by atoms with Crippen LogP contribution in [0.15, 0.2) is 42.5 Å².